The van der Waals surface area contributed by atoms with E-state index in [1.54, 1.807) is 0 Å². The molecule has 0 aliphatic carbocycles. The third kappa shape index (κ3) is 14.1. The molecule has 0 bridgehead atoms. The predicted molar refractivity (Wildman–Crippen MR) is 81.5 cm³/mol. The number of rotatable bonds is 4. The molecule has 0 amide bonds. The van der Waals surface area contributed by atoms with Gasteiger partial charge < -0.3 is 0 Å². The van der Waals surface area contributed by atoms with Crippen LogP contribution in [-0.4, -0.2) is 19.5 Å². The second kappa shape index (κ2) is 6.75. The molecule has 0 radical (unpaired) electrons. The minimum absolute atomic E-state index is 1.15. The molecule has 0 spiro atoms. The fraction of sp³-hybridized carbons (Fsp3) is 0.143. The van der Waals surface area contributed by atoms with E-state index in [-0.39, 0.29) is 0 Å². The molecule has 0 nitrogen and oxygen atoms in total. The van der Waals surface area contributed by atoms with Crippen molar-refractivity contribution in [2.24, 2.45) is 0 Å². The zero-order valence-electron chi connectivity index (χ0n) is 11.3. The monoisotopic (exact) mass is 450 g/mol. The number of halogens is 6. The van der Waals surface area contributed by atoms with Gasteiger partial charge in [-0.1, -0.05) is 60.7 Å². The Morgan fingerprint density at radius 3 is 1.14 bits per heavy atom. The third-order valence-electron chi connectivity index (χ3n) is 2.27. The summed E-state index contributed by atoms with van der Waals surface area (Å²) in [5.41, 5.74) is 2.85. The van der Waals surface area contributed by atoms with Gasteiger partial charge in [-0.2, -0.15) is 0 Å². The van der Waals surface area contributed by atoms with E-state index < -0.39 is 19.5 Å². The van der Waals surface area contributed by atoms with Gasteiger partial charge in [0.25, 0.3) is 0 Å². The van der Waals surface area contributed by atoms with Gasteiger partial charge in [-0.05, 0) is 11.8 Å². The quantitative estimate of drug-likeness (QED) is 0.255. The number of hydrogen-bond acceptors (Lipinski definition) is 0. The SMILES string of the molecule is [F][Sb-]([F])([F])([F])([F])[F].c1ccc(C[SH+]Cc2ccccc2)cc1. The maximum Gasteiger partial charge on any atom is 0.131 e. The molecule has 2 rings (SSSR count). The van der Waals surface area contributed by atoms with Crippen LogP contribution in [0.1, 0.15) is 11.1 Å². The van der Waals surface area contributed by atoms with Gasteiger partial charge in [0, 0.05) is 11.1 Å². The van der Waals surface area contributed by atoms with Gasteiger partial charge in [0.2, 0.25) is 0 Å². The molecule has 0 N–H and O–H groups in total. The number of benzene rings is 2. The minimum Gasteiger partial charge on any atom is -0.0622 e. The van der Waals surface area contributed by atoms with Crippen molar-refractivity contribution in [1.82, 2.24) is 0 Å². The van der Waals surface area contributed by atoms with Crippen molar-refractivity contribution >= 4 is 31.2 Å². The van der Waals surface area contributed by atoms with Crippen LogP contribution < -0.4 is 0 Å². The number of thiol groups is 1. The molecule has 22 heavy (non-hydrogen) atoms. The molecule has 0 aliphatic heterocycles. The first-order valence-corrected chi connectivity index (χ1v) is 13.2. The molecule has 0 unspecified atom stereocenters. The van der Waals surface area contributed by atoms with Gasteiger partial charge in [-0.25, -0.2) is 0 Å². The molecule has 2 aromatic carbocycles. The summed E-state index contributed by atoms with van der Waals surface area (Å²) in [4.78, 5) is 0. The maximum atomic E-state index is 9.93. The Morgan fingerprint density at radius 1 is 0.591 bits per heavy atom. The minimum atomic E-state index is -11.2. The van der Waals surface area contributed by atoms with Crippen LogP contribution in [0, 0.1) is 0 Å². The molecule has 0 atom stereocenters. The zero-order chi connectivity index (χ0) is 16.8. The molecular weight excluding hydrogens is 436 g/mol. The fourth-order valence-corrected chi connectivity index (χ4v) is 2.53. The van der Waals surface area contributed by atoms with Crippen molar-refractivity contribution in [1.29, 1.82) is 0 Å². The van der Waals surface area contributed by atoms with Crippen molar-refractivity contribution in [2.75, 3.05) is 0 Å². The van der Waals surface area contributed by atoms with E-state index in [2.05, 4.69) is 60.7 Å². The van der Waals surface area contributed by atoms with Gasteiger partial charge in [-0.3, -0.25) is 0 Å². The average molecular weight is 451 g/mol. The van der Waals surface area contributed by atoms with Crippen LogP contribution in [0.15, 0.2) is 60.7 Å². The predicted octanol–water partition coefficient (Wildman–Crippen LogP) is 5.34. The summed E-state index contributed by atoms with van der Waals surface area (Å²) >= 11 is -9.78. The van der Waals surface area contributed by atoms with E-state index in [4.69, 9.17) is 0 Å². The van der Waals surface area contributed by atoms with E-state index in [0.717, 1.165) is 11.5 Å². The Morgan fingerprint density at radius 2 is 0.864 bits per heavy atom. The summed E-state index contributed by atoms with van der Waals surface area (Å²) in [7, 11) is 0. The summed E-state index contributed by atoms with van der Waals surface area (Å²) in [6.07, 6.45) is 0. The van der Waals surface area contributed by atoms with Crippen molar-refractivity contribution in [2.45, 2.75) is 11.5 Å². The van der Waals surface area contributed by atoms with Crippen LogP contribution in [0.4, 0.5) is 16.9 Å². The van der Waals surface area contributed by atoms with Gasteiger partial charge in [0.1, 0.15) is 11.5 Å². The van der Waals surface area contributed by atoms with Crippen LogP contribution in [0.2, 0.25) is 0 Å². The molecule has 0 fully saturated rings. The third-order valence-corrected chi connectivity index (χ3v) is 3.45. The molecule has 0 saturated carbocycles. The van der Waals surface area contributed by atoms with Crippen LogP contribution in [0.3, 0.4) is 0 Å². The first-order valence-electron chi connectivity index (χ1n) is 6.18. The van der Waals surface area contributed by atoms with Crippen LogP contribution in [-0.2, 0) is 23.3 Å². The summed E-state index contributed by atoms with van der Waals surface area (Å²) in [6, 6.07) is 21.3. The average Bonchev–Trinajstić information content (AvgIpc) is 2.38. The van der Waals surface area contributed by atoms with Crippen LogP contribution in [0.5, 0.6) is 0 Å². The van der Waals surface area contributed by atoms with Gasteiger partial charge >= 0.3 is 36.4 Å². The first-order chi connectivity index (χ1) is 9.90. The van der Waals surface area contributed by atoms with Crippen molar-refractivity contribution < 1.29 is 16.9 Å². The maximum absolute atomic E-state index is 11.2. The van der Waals surface area contributed by atoms with Crippen molar-refractivity contribution in [3.63, 3.8) is 0 Å². The second-order valence-corrected chi connectivity index (χ2v) is 11.0. The molecular formula is C14H15F6SSb. The van der Waals surface area contributed by atoms with E-state index in [1.165, 1.54) is 22.9 Å². The van der Waals surface area contributed by atoms with Crippen LogP contribution in [0.25, 0.3) is 0 Å². The molecule has 0 heterocycles. The Balaban J connectivity index is 0.000000295. The molecule has 124 valence electrons. The van der Waals surface area contributed by atoms with E-state index in [9.17, 15) is 16.9 Å². The van der Waals surface area contributed by atoms with Crippen molar-refractivity contribution in [3.8, 4) is 0 Å². The molecule has 2 aromatic rings. The van der Waals surface area contributed by atoms with Crippen LogP contribution >= 0.6 is 0 Å². The molecule has 0 aromatic heterocycles. The standard InChI is InChI=1S/C14H14S.6FH.Sb/c1-3-7-13(8-4-1)11-15-12-14-9-5-2-6-10-14;;;;;;;/h1-10H,11-12H2;6*1H;/q;;;;;;;+5/p-5. The zero-order valence-corrected chi connectivity index (χ0v) is 14.8. The molecule has 0 aliphatic rings. The summed E-state index contributed by atoms with van der Waals surface area (Å²) in [6.45, 7) is 0. The molecule has 0 saturated heterocycles. The summed E-state index contributed by atoms with van der Waals surface area (Å²) in [5, 5.41) is 0. The Labute approximate surface area is 131 Å². The molecule has 8 heteroatoms. The largest absolute Gasteiger partial charge is 0.131 e. The van der Waals surface area contributed by atoms with Gasteiger partial charge in [0.05, 0.1) is 0 Å². The van der Waals surface area contributed by atoms with E-state index in [1.807, 2.05) is 0 Å². The Hall–Kier alpha value is -0.812. The van der Waals surface area contributed by atoms with E-state index in [0.29, 0.717) is 0 Å². The Bertz CT molecular complexity index is 517. The normalized spacial score (nSPS) is 14.3. The van der Waals surface area contributed by atoms with E-state index >= 15 is 0 Å². The van der Waals surface area contributed by atoms with Gasteiger partial charge in [-0.15, -0.1) is 0 Å². The smallest absolute Gasteiger partial charge is 0.0622 e. The number of hydrogen-bond donors (Lipinski definition) is 0. The summed E-state index contributed by atoms with van der Waals surface area (Å²) in [5.74, 6) is 2.30. The van der Waals surface area contributed by atoms with Crippen molar-refractivity contribution in [3.05, 3.63) is 71.8 Å². The first kappa shape index (κ1) is 19.2. The fourth-order valence-electron chi connectivity index (χ4n) is 1.48. The second-order valence-electron chi connectivity index (χ2n) is 4.47. The topological polar surface area (TPSA) is 0 Å². The van der Waals surface area contributed by atoms with Gasteiger partial charge in [0.15, 0.2) is 0 Å². The Kier molecular flexibility index (Phi) is 5.90. The summed E-state index contributed by atoms with van der Waals surface area (Å²) < 4.78 is 59.6.